The molecule has 0 aliphatic rings. The van der Waals surface area contributed by atoms with Crippen LogP contribution in [0.5, 0.6) is 0 Å². The van der Waals surface area contributed by atoms with Gasteiger partial charge >= 0.3 is 5.97 Å². The Kier molecular flexibility index (Phi) is 10.6. The van der Waals surface area contributed by atoms with Gasteiger partial charge in [-0.15, -0.1) is 0 Å². The maximum Gasteiger partial charge on any atom is 0.326 e. The number of hydrogen-bond acceptors (Lipinski definition) is 12. The number of H-pyrrole nitrogens is 1. The van der Waals surface area contributed by atoms with Crippen LogP contribution in [0.25, 0.3) is 11.2 Å². The Bertz CT molecular complexity index is 1460. The zero-order valence-corrected chi connectivity index (χ0v) is 22.0. The van der Waals surface area contributed by atoms with E-state index in [1.165, 1.54) is 18.3 Å². The molecule has 17 heteroatoms. The third-order valence-corrected chi connectivity index (χ3v) is 5.60. The van der Waals surface area contributed by atoms with Crippen molar-refractivity contribution >= 4 is 46.5 Å². The van der Waals surface area contributed by atoms with Crippen molar-refractivity contribution in [2.45, 2.75) is 38.4 Å². The monoisotopic (exact) mass is 570 g/mol. The van der Waals surface area contributed by atoms with Crippen molar-refractivity contribution in [3.63, 3.8) is 0 Å². The molecular formula is C24H30N10O7. The Balaban J connectivity index is 1.49. The van der Waals surface area contributed by atoms with Crippen LogP contribution < -0.4 is 38.5 Å². The van der Waals surface area contributed by atoms with Crippen LogP contribution in [0.2, 0.25) is 0 Å². The van der Waals surface area contributed by atoms with E-state index < -0.39 is 41.3 Å². The van der Waals surface area contributed by atoms with E-state index in [0.29, 0.717) is 11.4 Å². The number of benzene rings is 1. The summed E-state index contributed by atoms with van der Waals surface area (Å²) in [5.41, 5.74) is 6.46. The lowest BCUT2D eigenvalue weighted by molar-refractivity contribution is -0.139. The molecule has 0 bridgehead atoms. The van der Waals surface area contributed by atoms with Gasteiger partial charge in [-0.3, -0.25) is 29.0 Å². The standard InChI is InChI=1S/C24H30N10O7/c1-12(8-28-18(36)11-41-26)30-17(35)7-6-16(23(39)40)32-21(37)13-2-4-14(5-3-13)27-9-15-10-29-20-19(31-15)22(38)34-24(25)33-20/h2-5,10,12,16,27H,6-9,11,26H2,1H3,(H,28,36)(H,30,35)(H,32,37)(H,39,40)(H3,25,29,33,34,38)/t12-,16+/m1/s1. The highest BCUT2D eigenvalue weighted by Crippen LogP contribution is 2.12. The second-order valence-corrected chi connectivity index (χ2v) is 8.90. The molecule has 0 radical (unpaired) electrons. The van der Waals surface area contributed by atoms with E-state index in [2.05, 4.69) is 46.0 Å². The van der Waals surface area contributed by atoms with Gasteiger partial charge in [0.2, 0.25) is 17.8 Å². The van der Waals surface area contributed by atoms with Gasteiger partial charge in [-0.2, -0.15) is 4.98 Å². The highest BCUT2D eigenvalue weighted by molar-refractivity contribution is 5.97. The second kappa shape index (κ2) is 14.3. The lowest BCUT2D eigenvalue weighted by Crippen LogP contribution is -2.44. The number of rotatable bonds is 14. The summed E-state index contributed by atoms with van der Waals surface area (Å²) in [6.07, 6.45) is 1.13. The predicted molar refractivity (Wildman–Crippen MR) is 145 cm³/mol. The summed E-state index contributed by atoms with van der Waals surface area (Å²) in [5, 5.41) is 20.1. The number of carbonyl (C=O) groups is 4. The van der Waals surface area contributed by atoms with E-state index in [-0.39, 0.29) is 55.2 Å². The van der Waals surface area contributed by atoms with Gasteiger partial charge in [-0.1, -0.05) is 0 Å². The first-order valence-corrected chi connectivity index (χ1v) is 12.3. The molecule has 218 valence electrons. The molecular weight excluding hydrogens is 540 g/mol. The summed E-state index contributed by atoms with van der Waals surface area (Å²) in [7, 11) is 0. The number of carbonyl (C=O) groups excluding carboxylic acids is 3. The van der Waals surface area contributed by atoms with E-state index >= 15 is 0 Å². The number of nitrogens with zero attached hydrogens (tertiary/aromatic N) is 3. The zero-order valence-electron chi connectivity index (χ0n) is 22.0. The van der Waals surface area contributed by atoms with Crippen LogP contribution in [-0.2, 0) is 25.8 Å². The Hall–Kier alpha value is -5.16. The number of amides is 3. The van der Waals surface area contributed by atoms with Crippen molar-refractivity contribution in [1.29, 1.82) is 0 Å². The number of carboxylic acid groups (broad SMARTS) is 1. The minimum absolute atomic E-state index is 0.0489. The normalized spacial score (nSPS) is 12.2. The van der Waals surface area contributed by atoms with Gasteiger partial charge in [0, 0.05) is 30.3 Å². The Morgan fingerprint density at radius 3 is 2.51 bits per heavy atom. The molecule has 2 aromatic heterocycles. The molecule has 2 atom stereocenters. The first-order valence-electron chi connectivity index (χ1n) is 12.3. The first-order chi connectivity index (χ1) is 19.5. The molecule has 41 heavy (non-hydrogen) atoms. The molecule has 0 spiro atoms. The lowest BCUT2D eigenvalue weighted by Gasteiger charge is -2.17. The maximum atomic E-state index is 12.6. The molecule has 0 unspecified atom stereocenters. The van der Waals surface area contributed by atoms with Crippen molar-refractivity contribution in [3.8, 4) is 0 Å². The molecule has 0 fully saturated rings. The fourth-order valence-corrected chi connectivity index (χ4v) is 3.55. The van der Waals surface area contributed by atoms with Crippen molar-refractivity contribution in [2.24, 2.45) is 5.90 Å². The number of aromatic amines is 1. The Morgan fingerprint density at radius 2 is 1.83 bits per heavy atom. The molecule has 0 aliphatic heterocycles. The van der Waals surface area contributed by atoms with E-state index in [1.807, 2.05) is 0 Å². The van der Waals surface area contributed by atoms with Crippen molar-refractivity contribution in [2.75, 3.05) is 24.2 Å². The van der Waals surface area contributed by atoms with E-state index in [0.717, 1.165) is 0 Å². The number of hydrogen-bond donors (Lipinski definition) is 8. The Morgan fingerprint density at radius 1 is 1.10 bits per heavy atom. The number of nitrogens with one attached hydrogen (secondary N) is 5. The molecule has 10 N–H and O–H groups in total. The summed E-state index contributed by atoms with van der Waals surface area (Å²) in [6.45, 7) is 1.67. The number of fused-ring (bicyclic) bond motifs is 1. The fraction of sp³-hybridized carbons (Fsp3) is 0.333. The van der Waals surface area contributed by atoms with Crippen LogP contribution in [0.15, 0.2) is 35.3 Å². The number of anilines is 2. The third kappa shape index (κ3) is 9.22. The summed E-state index contributed by atoms with van der Waals surface area (Å²) in [5.74, 6) is 1.93. The second-order valence-electron chi connectivity index (χ2n) is 8.90. The van der Waals surface area contributed by atoms with E-state index in [4.69, 9.17) is 11.6 Å². The highest BCUT2D eigenvalue weighted by Gasteiger charge is 2.22. The molecule has 0 saturated carbocycles. The van der Waals surface area contributed by atoms with E-state index in [9.17, 15) is 29.1 Å². The fourth-order valence-electron chi connectivity index (χ4n) is 3.55. The first kappa shape index (κ1) is 30.4. The van der Waals surface area contributed by atoms with Gasteiger partial charge in [0.05, 0.1) is 18.4 Å². The molecule has 3 amide bonds. The molecule has 3 aromatic rings. The summed E-state index contributed by atoms with van der Waals surface area (Å²) in [4.78, 5) is 78.7. The molecule has 1 aromatic carbocycles. The van der Waals surface area contributed by atoms with Gasteiger partial charge in [-0.05, 0) is 37.6 Å². The van der Waals surface area contributed by atoms with Gasteiger partial charge in [0.15, 0.2) is 11.2 Å². The number of nitrogen functional groups attached to an aromatic ring is 1. The third-order valence-electron chi connectivity index (χ3n) is 5.60. The quantitative estimate of drug-likeness (QED) is 0.101. The molecule has 0 aliphatic carbocycles. The van der Waals surface area contributed by atoms with E-state index in [1.54, 1.807) is 19.1 Å². The predicted octanol–water partition coefficient (Wildman–Crippen LogP) is -1.62. The smallest absolute Gasteiger partial charge is 0.326 e. The van der Waals surface area contributed by atoms with Crippen LogP contribution in [0.3, 0.4) is 0 Å². The largest absolute Gasteiger partial charge is 0.480 e. The zero-order chi connectivity index (χ0) is 29.9. The average Bonchev–Trinajstić information content (AvgIpc) is 2.93. The van der Waals surface area contributed by atoms with Crippen LogP contribution in [0, 0.1) is 0 Å². The highest BCUT2D eigenvalue weighted by atomic mass is 16.6. The number of aromatic nitrogens is 4. The van der Waals surface area contributed by atoms with Gasteiger partial charge in [0.25, 0.3) is 11.5 Å². The summed E-state index contributed by atoms with van der Waals surface area (Å²) in [6, 6.07) is 4.49. The van der Waals surface area contributed by atoms with Crippen LogP contribution in [0.4, 0.5) is 11.6 Å². The summed E-state index contributed by atoms with van der Waals surface area (Å²) < 4.78 is 0. The number of carboxylic acids is 1. The van der Waals surface area contributed by atoms with Crippen molar-refractivity contribution in [3.05, 3.63) is 52.1 Å². The van der Waals surface area contributed by atoms with Crippen molar-refractivity contribution in [1.82, 2.24) is 35.9 Å². The molecule has 0 saturated heterocycles. The number of aliphatic carboxylic acids is 1. The van der Waals surface area contributed by atoms with Gasteiger partial charge < -0.3 is 32.1 Å². The SMILES string of the molecule is C[C@H](CNC(=O)CON)NC(=O)CC[C@H](NC(=O)c1ccc(NCc2cnc3nc(N)[nH]c(=O)c3n2)cc1)C(=O)O. The lowest BCUT2D eigenvalue weighted by atomic mass is 10.1. The van der Waals surface area contributed by atoms with Gasteiger partial charge in [0.1, 0.15) is 12.6 Å². The van der Waals surface area contributed by atoms with Crippen LogP contribution >= 0.6 is 0 Å². The van der Waals surface area contributed by atoms with Crippen molar-refractivity contribution < 1.29 is 29.1 Å². The van der Waals surface area contributed by atoms with Gasteiger partial charge in [-0.25, -0.2) is 20.7 Å². The molecule has 2 heterocycles. The Labute approximate surface area is 232 Å². The van der Waals surface area contributed by atoms with Crippen LogP contribution in [-0.4, -0.2) is 74.0 Å². The minimum Gasteiger partial charge on any atom is -0.480 e. The topological polar surface area (TPSA) is 269 Å². The summed E-state index contributed by atoms with van der Waals surface area (Å²) >= 11 is 0. The number of nitrogens with two attached hydrogens (primary N) is 2. The minimum atomic E-state index is -1.30. The maximum absolute atomic E-state index is 12.6. The molecule has 3 rings (SSSR count). The molecule has 17 nitrogen and oxygen atoms in total. The van der Waals surface area contributed by atoms with Crippen LogP contribution in [0.1, 0.15) is 35.8 Å². The average molecular weight is 571 g/mol.